The molecule has 1 aliphatic heterocycles. The highest BCUT2D eigenvalue weighted by Crippen LogP contribution is 2.24. The summed E-state index contributed by atoms with van der Waals surface area (Å²) in [7, 11) is 0. The van der Waals surface area contributed by atoms with E-state index >= 15 is 0 Å². The van der Waals surface area contributed by atoms with Gasteiger partial charge in [-0.2, -0.15) is 0 Å². The van der Waals surface area contributed by atoms with Gasteiger partial charge in [0.25, 0.3) is 0 Å². The van der Waals surface area contributed by atoms with Gasteiger partial charge in [-0.3, -0.25) is 4.79 Å². The fourth-order valence-corrected chi connectivity index (χ4v) is 2.77. The maximum atomic E-state index is 12.3. The molecule has 1 aromatic rings. The fraction of sp³-hybridized carbons (Fsp3) is 0.533. The summed E-state index contributed by atoms with van der Waals surface area (Å²) in [5.41, 5.74) is 0.729. The van der Waals surface area contributed by atoms with E-state index in [2.05, 4.69) is 21.2 Å². The molecule has 1 amide bonds. The van der Waals surface area contributed by atoms with E-state index in [0.717, 1.165) is 25.0 Å². The van der Waals surface area contributed by atoms with Crippen LogP contribution in [-0.2, 0) is 15.1 Å². The van der Waals surface area contributed by atoms with Crippen molar-refractivity contribution in [2.45, 2.75) is 25.3 Å². The third-order valence-electron chi connectivity index (χ3n) is 3.61. The van der Waals surface area contributed by atoms with Gasteiger partial charge < -0.3 is 10.1 Å². The van der Waals surface area contributed by atoms with Gasteiger partial charge in [-0.1, -0.05) is 46.3 Å². The van der Waals surface area contributed by atoms with E-state index in [1.54, 1.807) is 0 Å². The summed E-state index contributed by atoms with van der Waals surface area (Å²) in [6.07, 6.45) is 1.88. The zero-order valence-corrected chi connectivity index (χ0v) is 12.8. The van der Waals surface area contributed by atoms with Gasteiger partial charge in [0.05, 0.1) is 18.1 Å². The maximum Gasteiger partial charge on any atom is 0.226 e. The van der Waals surface area contributed by atoms with E-state index in [-0.39, 0.29) is 17.4 Å². The van der Waals surface area contributed by atoms with Gasteiger partial charge in [-0.15, -0.1) is 0 Å². The van der Waals surface area contributed by atoms with Gasteiger partial charge in [0.15, 0.2) is 0 Å². The standard InChI is InChI=1S/C15H20BrNO2/c1-15(11-16,13-7-3-2-4-8-13)17-14(18)12-6-5-9-19-10-12/h2-4,7-8,12H,5-6,9-11H2,1H3,(H,17,18). The van der Waals surface area contributed by atoms with Gasteiger partial charge in [0.1, 0.15) is 0 Å². The third-order valence-corrected chi connectivity index (χ3v) is 4.73. The van der Waals surface area contributed by atoms with E-state index in [9.17, 15) is 4.79 Å². The van der Waals surface area contributed by atoms with E-state index in [4.69, 9.17) is 4.74 Å². The van der Waals surface area contributed by atoms with Crippen molar-refractivity contribution in [3.63, 3.8) is 0 Å². The Morgan fingerprint density at radius 2 is 2.21 bits per heavy atom. The number of hydrogen-bond acceptors (Lipinski definition) is 2. The normalized spacial score (nSPS) is 22.5. The molecular formula is C15H20BrNO2. The molecule has 0 saturated carbocycles. The van der Waals surface area contributed by atoms with Crippen LogP contribution in [0.3, 0.4) is 0 Å². The molecule has 1 fully saturated rings. The van der Waals surface area contributed by atoms with E-state index in [1.165, 1.54) is 0 Å². The Morgan fingerprint density at radius 3 is 2.79 bits per heavy atom. The number of halogens is 1. The topological polar surface area (TPSA) is 38.3 Å². The molecule has 0 bridgehead atoms. The third kappa shape index (κ3) is 3.57. The predicted molar refractivity (Wildman–Crippen MR) is 79.3 cm³/mol. The highest BCUT2D eigenvalue weighted by atomic mass is 79.9. The second kappa shape index (κ2) is 6.53. The Labute approximate surface area is 122 Å². The number of carbonyl (C=O) groups is 1. The Hall–Kier alpha value is -0.870. The van der Waals surface area contributed by atoms with Crippen molar-refractivity contribution in [2.75, 3.05) is 18.5 Å². The second-order valence-electron chi connectivity index (χ2n) is 5.24. The van der Waals surface area contributed by atoms with E-state index in [0.29, 0.717) is 11.9 Å². The monoisotopic (exact) mass is 325 g/mol. The van der Waals surface area contributed by atoms with Crippen LogP contribution in [0.25, 0.3) is 0 Å². The maximum absolute atomic E-state index is 12.3. The van der Waals surface area contributed by atoms with Crippen molar-refractivity contribution >= 4 is 21.8 Å². The lowest BCUT2D eigenvalue weighted by Crippen LogP contribution is -2.48. The molecule has 0 radical (unpaired) electrons. The molecule has 0 aromatic heterocycles. The van der Waals surface area contributed by atoms with Crippen LogP contribution >= 0.6 is 15.9 Å². The first kappa shape index (κ1) is 14.5. The summed E-state index contributed by atoms with van der Waals surface area (Å²) < 4.78 is 5.38. The average molecular weight is 326 g/mol. The van der Waals surface area contributed by atoms with Crippen LogP contribution in [0.5, 0.6) is 0 Å². The molecule has 19 heavy (non-hydrogen) atoms. The Bertz CT molecular complexity index is 417. The summed E-state index contributed by atoms with van der Waals surface area (Å²) in [5, 5.41) is 3.85. The van der Waals surface area contributed by atoms with Gasteiger partial charge in [-0.05, 0) is 25.3 Å². The molecule has 0 spiro atoms. The van der Waals surface area contributed by atoms with Crippen LogP contribution in [0.1, 0.15) is 25.3 Å². The molecule has 1 N–H and O–H groups in total. The van der Waals surface area contributed by atoms with Crippen LogP contribution in [0.15, 0.2) is 30.3 Å². The first-order chi connectivity index (χ1) is 9.15. The summed E-state index contributed by atoms with van der Waals surface area (Å²) in [6, 6.07) is 10.0. The van der Waals surface area contributed by atoms with Gasteiger partial charge in [0.2, 0.25) is 5.91 Å². The molecule has 3 nitrogen and oxygen atoms in total. The van der Waals surface area contributed by atoms with Crippen LogP contribution in [0.4, 0.5) is 0 Å². The Morgan fingerprint density at radius 1 is 1.47 bits per heavy atom. The first-order valence-electron chi connectivity index (χ1n) is 6.67. The highest BCUT2D eigenvalue weighted by Gasteiger charge is 2.31. The van der Waals surface area contributed by atoms with Crippen LogP contribution in [0, 0.1) is 5.92 Å². The van der Waals surface area contributed by atoms with Crippen LogP contribution in [0.2, 0.25) is 0 Å². The quantitative estimate of drug-likeness (QED) is 0.864. The minimum absolute atomic E-state index is 0.0177. The molecule has 1 heterocycles. The number of ether oxygens (including phenoxy) is 1. The van der Waals surface area contributed by atoms with Crippen LogP contribution in [-0.4, -0.2) is 24.5 Å². The van der Waals surface area contributed by atoms with Crippen molar-refractivity contribution in [1.82, 2.24) is 5.32 Å². The van der Waals surface area contributed by atoms with Crippen molar-refractivity contribution in [2.24, 2.45) is 5.92 Å². The molecule has 2 rings (SSSR count). The fourth-order valence-electron chi connectivity index (χ4n) is 2.31. The SMILES string of the molecule is CC(CBr)(NC(=O)C1CCCOC1)c1ccccc1. The van der Waals surface area contributed by atoms with Crippen molar-refractivity contribution in [3.05, 3.63) is 35.9 Å². The molecule has 1 aliphatic rings. The van der Waals surface area contributed by atoms with Crippen molar-refractivity contribution < 1.29 is 9.53 Å². The van der Waals surface area contributed by atoms with Crippen molar-refractivity contribution in [1.29, 1.82) is 0 Å². The summed E-state index contributed by atoms with van der Waals surface area (Å²) >= 11 is 3.52. The predicted octanol–water partition coefficient (Wildman–Crippen LogP) is 2.84. The second-order valence-corrected chi connectivity index (χ2v) is 5.80. The summed E-state index contributed by atoms with van der Waals surface area (Å²) in [4.78, 5) is 12.3. The number of alkyl halides is 1. The number of carbonyl (C=O) groups excluding carboxylic acids is 1. The highest BCUT2D eigenvalue weighted by molar-refractivity contribution is 9.09. The number of amides is 1. The molecule has 0 aliphatic carbocycles. The molecule has 2 unspecified atom stereocenters. The van der Waals surface area contributed by atoms with Gasteiger partial charge >= 0.3 is 0 Å². The minimum Gasteiger partial charge on any atom is -0.381 e. The molecule has 2 atom stereocenters. The Kier molecular flexibility index (Phi) is 4.99. The average Bonchev–Trinajstić information content (AvgIpc) is 2.49. The lowest BCUT2D eigenvalue weighted by atomic mass is 9.92. The zero-order chi connectivity index (χ0) is 13.7. The molecule has 1 saturated heterocycles. The summed E-state index contributed by atoms with van der Waals surface area (Å²) in [6.45, 7) is 3.36. The lowest BCUT2D eigenvalue weighted by molar-refractivity contribution is -0.130. The minimum atomic E-state index is -0.379. The van der Waals surface area contributed by atoms with Crippen molar-refractivity contribution in [3.8, 4) is 0 Å². The first-order valence-corrected chi connectivity index (χ1v) is 7.79. The van der Waals surface area contributed by atoms with Gasteiger partial charge in [0, 0.05) is 11.9 Å². The number of nitrogens with one attached hydrogen (secondary N) is 1. The Balaban J connectivity index is 2.07. The lowest BCUT2D eigenvalue weighted by Gasteiger charge is -2.32. The summed E-state index contributed by atoms with van der Waals surface area (Å²) in [5.74, 6) is 0.0707. The molecule has 4 heteroatoms. The van der Waals surface area contributed by atoms with E-state index in [1.807, 2.05) is 37.3 Å². The van der Waals surface area contributed by atoms with Gasteiger partial charge in [-0.25, -0.2) is 0 Å². The van der Waals surface area contributed by atoms with Crippen LogP contribution < -0.4 is 5.32 Å². The number of hydrogen-bond donors (Lipinski definition) is 1. The number of benzene rings is 1. The van der Waals surface area contributed by atoms with E-state index < -0.39 is 0 Å². The zero-order valence-electron chi connectivity index (χ0n) is 11.2. The molecular weight excluding hydrogens is 306 g/mol. The smallest absolute Gasteiger partial charge is 0.226 e. The number of rotatable bonds is 4. The molecule has 104 valence electrons. The largest absolute Gasteiger partial charge is 0.381 e. The molecule has 1 aromatic carbocycles.